The molecule has 0 radical (unpaired) electrons. The Kier molecular flexibility index (Phi) is 2.93. The quantitative estimate of drug-likeness (QED) is 0.782. The zero-order chi connectivity index (χ0) is 12.8. The van der Waals surface area contributed by atoms with E-state index in [0.29, 0.717) is 10.5 Å². The van der Waals surface area contributed by atoms with Gasteiger partial charge in [-0.05, 0) is 45.9 Å². The SMILES string of the molecule is CC1(C)OB(c2cc(O)ccc2Cl)OC1(C)C. The van der Waals surface area contributed by atoms with Gasteiger partial charge in [-0.25, -0.2) is 0 Å². The van der Waals surface area contributed by atoms with Crippen molar-refractivity contribution in [2.24, 2.45) is 0 Å². The largest absolute Gasteiger partial charge is 0.508 e. The van der Waals surface area contributed by atoms with E-state index in [0.717, 1.165) is 0 Å². The number of aromatic hydroxyl groups is 1. The maximum absolute atomic E-state index is 9.49. The van der Waals surface area contributed by atoms with Gasteiger partial charge in [-0.3, -0.25) is 0 Å². The molecule has 1 aliphatic rings. The molecule has 0 aromatic heterocycles. The van der Waals surface area contributed by atoms with Crippen molar-refractivity contribution >= 4 is 24.2 Å². The van der Waals surface area contributed by atoms with Crippen molar-refractivity contribution in [1.29, 1.82) is 0 Å². The normalized spacial score (nSPS) is 21.8. The van der Waals surface area contributed by atoms with Crippen molar-refractivity contribution in [3.8, 4) is 5.75 Å². The van der Waals surface area contributed by atoms with Crippen LogP contribution in [-0.4, -0.2) is 23.4 Å². The topological polar surface area (TPSA) is 38.7 Å². The van der Waals surface area contributed by atoms with Crippen LogP contribution in [0.5, 0.6) is 5.75 Å². The van der Waals surface area contributed by atoms with E-state index in [1.165, 1.54) is 6.07 Å². The first-order valence-corrected chi connectivity index (χ1v) is 5.95. The number of phenolic OH excluding ortho intramolecular Hbond substituents is 1. The van der Waals surface area contributed by atoms with Crippen LogP contribution in [0.15, 0.2) is 18.2 Å². The molecule has 17 heavy (non-hydrogen) atoms. The Morgan fingerprint density at radius 3 is 2.18 bits per heavy atom. The summed E-state index contributed by atoms with van der Waals surface area (Å²) in [5, 5.41) is 10.0. The Morgan fingerprint density at radius 1 is 1.12 bits per heavy atom. The van der Waals surface area contributed by atoms with Crippen molar-refractivity contribution in [1.82, 2.24) is 0 Å². The molecule has 1 aliphatic heterocycles. The summed E-state index contributed by atoms with van der Waals surface area (Å²) < 4.78 is 11.7. The molecule has 0 unspecified atom stereocenters. The van der Waals surface area contributed by atoms with Gasteiger partial charge in [-0.2, -0.15) is 0 Å². The van der Waals surface area contributed by atoms with Crippen molar-refractivity contribution in [2.75, 3.05) is 0 Å². The van der Waals surface area contributed by atoms with Crippen molar-refractivity contribution in [3.63, 3.8) is 0 Å². The van der Waals surface area contributed by atoms with Crippen LogP contribution < -0.4 is 5.46 Å². The second-order valence-electron chi connectivity index (χ2n) is 5.29. The summed E-state index contributed by atoms with van der Waals surface area (Å²) in [7, 11) is -0.542. The second kappa shape index (κ2) is 3.90. The minimum atomic E-state index is -0.542. The predicted molar refractivity (Wildman–Crippen MR) is 68.8 cm³/mol. The van der Waals surface area contributed by atoms with E-state index in [1.54, 1.807) is 12.1 Å². The van der Waals surface area contributed by atoms with Gasteiger partial charge in [0.25, 0.3) is 0 Å². The molecule has 2 rings (SSSR count). The lowest BCUT2D eigenvalue weighted by atomic mass is 9.79. The molecule has 0 amide bonds. The fourth-order valence-corrected chi connectivity index (χ4v) is 1.89. The van der Waals surface area contributed by atoms with Crippen LogP contribution in [0.3, 0.4) is 0 Å². The van der Waals surface area contributed by atoms with Gasteiger partial charge in [-0.1, -0.05) is 11.6 Å². The van der Waals surface area contributed by atoms with E-state index in [9.17, 15) is 5.11 Å². The molecule has 0 atom stereocenters. The first kappa shape index (κ1) is 12.7. The summed E-state index contributed by atoms with van der Waals surface area (Å²) >= 11 is 6.09. The molecule has 1 N–H and O–H groups in total. The van der Waals surface area contributed by atoms with E-state index < -0.39 is 18.3 Å². The number of benzene rings is 1. The molecule has 92 valence electrons. The van der Waals surface area contributed by atoms with Crippen LogP contribution in [0.4, 0.5) is 0 Å². The maximum Gasteiger partial charge on any atom is 0.496 e. The Bertz CT molecular complexity index is 429. The molecule has 0 aliphatic carbocycles. The van der Waals surface area contributed by atoms with E-state index in [2.05, 4.69) is 0 Å². The number of halogens is 1. The summed E-state index contributed by atoms with van der Waals surface area (Å²) in [5.74, 6) is 0.152. The van der Waals surface area contributed by atoms with Gasteiger partial charge in [0.05, 0.1) is 11.2 Å². The maximum atomic E-state index is 9.49. The van der Waals surface area contributed by atoms with Gasteiger partial charge in [0, 0.05) is 10.5 Å². The standard InChI is InChI=1S/C12H16BClO3/c1-11(2)12(3,4)17-13(16-11)9-7-8(15)5-6-10(9)14/h5-7,15H,1-4H3. The molecule has 1 aromatic rings. The Morgan fingerprint density at radius 2 is 1.65 bits per heavy atom. The minimum Gasteiger partial charge on any atom is -0.508 e. The molecule has 0 saturated carbocycles. The minimum absolute atomic E-state index is 0.152. The number of rotatable bonds is 1. The van der Waals surface area contributed by atoms with E-state index in [1.807, 2.05) is 27.7 Å². The molecule has 0 bridgehead atoms. The van der Waals surface area contributed by atoms with Gasteiger partial charge in [0.15, 0.2) is 0 Å². The van der Waals surface area contributed by atoms with E-state index >= 15 is 0 Å². The highest BCUT2D eigenvalue weighted by atomic mass is 35.5. The van der Waals surface area contributed by atoms with Gasteiger partial charge >= 0.3 is 7.12 Å². The summed E-state index contributed by atoms with van der Waals surface area (Å²) in [6.07, 6.45) is 0. The first-order chi connectivity index (χ1) is 7.73. The van der Waals surface area contributed by atoms with Gasteiger partial charge in [0.2, 0.25) is 0 Å². The summed E-state index contributed by atoms with van der Waals surface area (Å²) in [6.45, 7) is 7.90. The smallest absolute Gasteiger partial charge is 0.496 e. The van der Waals surface area contributed by atoms with Gasteiger partial charge in [0.1, 0.15) is 5.75 Å². The van der Waals surface area contributed by atoms with Gasteiger partial charge < -0.3 is 14.4 Å². The average Bonchev–Trinajstić information content (AvgIpc) is 2.40. The molecular formula is C12H16BClO3. The van der Waals surface area contributed by atoms with Crippen molar-refractivity contribution in [3.05, 3.63) is 23.2 Å². The second-order valence-corrected chi connectivity index (χ2v) is 5.70. The Labute approximate surface area is 107 Å². The number of hydrogen-bond donors (Lipinski definition) is 1. The first-order valence-electron chi connectivity index (χ1n) is 5.57. The van der Waals surface area contributed by atoms with Crippen LogP contribution in [0.25, 0.3) is 0 Å². The van der Waals surface area contributed by atoms with Crippen LogP contribution in [0.1, 0.15) is 27.7 Å². The van der Waals surface area contributed by atoms with Gasteiger partial charge in [-0.15, -0.1) is 0 Å². The average molecular weight is 255 g/mol. The fourth-order valence-electron chi connectivity index (χ4n) is 1.68. The zero-order valence-corrected chi connectivity index (χ0v) is 11.2. The van der Waals surface area contributed by atoms with Crippen LogP contribution in [-0.2, 0) is 9.31 Å². The van der Waals surface area contributed by atoms with E-state index in [4.69, 9.17) is 20.9 Å². The van der Waals surface area contributed by atoms with Crippen molar-refractivity contribution < 1.29 is 14.4 Å². The third kappa shape index (κ3) is 2.17. The Balaban J connectivity index is 2.35. The van der Waals surface area contributed by atoms with Crippen LogP contribution >= 0.6 is 11.6 Å². The lowest BCUT2D eigenvalue weighted by molar-refractivity contribution is 0.00578. The Hall–Kier alpha value is -0.705. The molecular weight excluding hydrogens is 238 g/mol. The highest BCUT2D eigenvalue weighted by molar-refractivity contribution is 6.65. The molecule has 5 heteroatoms. The van der Waals surface area contributed by atoms with Crippen molar-refractivity contribution in [2.45, 2.75) is 38.9 Å². The number of hydrogen-bond acceptors (Lipinski definition) is 3. The molecule has 0 spiro atoms. The molecule has 1 aromatic carbocycles. The molecule has 1 fully saturated rings. The van der Waals surface area contributed by atoms with Crippen LogP contribution in [0.2, 0.25) is 5.02 Å². The molecule has 1 saturated heterocycles. The van der Waals surface area contributed by atoms with E-state index in [-0.39, 0.29) is 5.75 Å². The highest BCUT2D eigenvalue weighted by Gasteiger charge is 2.52. The van der Waals surface area contributed by atoms with Crippen LogP contribution in [0, 0.1) is 0 Å². The molecule has 3 nitrogen and oxygen atoms in total. The predicted octanol–water partition coefficient (Wildman–Crippen LogP) is 2.34. The molecule has 1 heterocycles. The summed E-state index contributed by atoms with van der Waals surface area (Å²) in [6, 6.07) is 4.75. The summed E-state index contributed by atoms with van der Waals surface area (Å²) in [4.78, 5) is 0. The fraction of sp³-hybridized carbons (Fsp3) is 0.500. The lowest BCUT2D eigenvalue weighted by Gasteiger charge is -2.32. The third-order valence-corrected chi connectivity index (χ3v) is 3.83. The summed E-state index contributed by atoms with van der Waals surface area (Å²) in [5.41, 5.74) is -0.163. The monoisotopic (exact) mass is 254 g/mol. The zero-order valence-electron chi connectivity index (χ0n) is 10.5. The highest BCUT2D eigenvalue weighted by Crippen LogP contribution is 2.37. The number of phenols is 1. The third-order valence-electron chi connectivity index (χ3n) is 3.49. The lowest BCUT2D eigenvalue weighted by Crippen LogP contribution is -2.41.